The molecule has 0 spiro atoms. The van der Waals surface area contributed by atoms with Crippen LogP contribution < -0.4 is 0 Å². The Morgan fingerprint density at radius 1 is 0.639 bits per heavy atom. The molecule has 0 aliphatic heterocycles. The minimum Gasteiger partial charge on any atom is -0.252 e. The third kappa shape index (κ3) is 5.09. The molecule has 182 valence electrons. The lowest BCUT2D eigenvalue weighted by Crippen LogP contribution is -2.01. The van der Waals surface area contributed by atoms with Crippen LogP contribution in [0, 0.1) is 25.2 Å². The van der Waals surface area contributed by atoms with Gasteiger partial charge >= 0.3 is 0 Å². The van der Waals surface area contributed by atoms with Gasteiger partial charge in [-0.15, -0.1) is 0 Å². The van der Waals surface area contributed by atoms with Gasteiger partial charge in [0.15, 0.2) is 0 Å². The lowest BCUT2D eigenvalue weighted by Gasteiger charge is -2.16. The fourth-order valence-corrected chi connectivity index (χ4v) is 4.97. The molecule has 3 aromatic carbocycles. The summed E-state index contributed by atoms with van der Waals surface area (Å²) >= 11 is 0. The van der Waals surface area contributed by atoms with E-state index in [0.29, 0.717) is 5.56 Å². The summed E-state index contributed by atoms with van der Waals surface area (Å²) in [6, 6.07) is 19.8. The number of hydrogen-bond donors (Lipinski definition) is 0. The third-order valence-corrected chi connectivity index (χ3v) is 6.98. The summed E-state index contributed by atoms with van der Waals surface area (Å²) in [6.07, 6.45) is 5.81. The summed E-state index contributed by atoms with van der Waals surface area (Å²) < 4.78 is 0. The molecule has 1 aromatic heterocycles. The van der Waals surface area contributed by atoms with Crippen molar-refractivity contribution in [3.05, 3.63) is 93.7 Å². The lowest BCUT2D eigenvalue weighted by atomic mass is 9.94. The summed E-state index contributed by atoms with van der Waals surface area (Å²) in [4.78, 5) is 10.3. The second kappa shape index (κ2) is 10.9. The maximum Gasteiger partial charge on any atom is 0.0991 e. The molecule has 0 N–H and O–H groups in total. The predicted octanol–water partition coefficient (Wildman–Crippen LogP) is 8.22. The molecule has 3 heteroatoms. The Kier molecular flexibility index (Phi) is 7.65. The van der Waals surface area contributed by atoms with Crippen molar-refractivity contribution in [1.82, 2.24) is 9.97 Å². The van der Waals surface area contributed by atoms with Crippen LogP contribution in [-0.4, -0.2) is 9.97 Å². The van der Waals surface area contributed by atoms with Crippen molar-refractivity contribution in [3.8, 4) is 39.8 Å². The normalized spacial score (nSPS) is 10.9. The van der Waals surface area contributed by atoms with Crippen molar-refractivity contribution in [2.45, 2.75) is 67.2 Å². The third-order valence-electron chi connectivity index (χ3n) is 6.98. The van der Waals surface area contributed by atoms with Gasteiger partial charge in [-0.2, -0.15) is 5.26 Å². The number of hydrogen-bond acceptors (Lipinski definition) is 3. The Morgan fingerprint density at radius 3 is 1.50 bits per heavy atom. The molecule has 0 radical (unpaired) electrons. The van der Waals surface area contributed by atoms with Crippen LogP contribution in [0.1, 0.15) is 66.6 Å². The van der Waals surface area contributed by atoms with Crippen molar-refractivity contribution >= 4 is 0 Å². The van der Waals surface area contributed by atoms with Gasteiger partial charge in [0, 0.05) is 16.7 Å². The maximum absolute atomic E-state index is 9.41. The molecule has 0 amide bonds. The van der Waals surface area contributed by atoms with Gasteiger partial charge in [0.1, 0.15) is 0 Å². The summed E-state index contributed by atoms with van der Waals surface area (Å²) in [5, 5.41) is 9.41. The summed E-state index contributed by atoms with van der Waals surface area (Å²) in [5.74, 6) is 0. The largest absolute Gasteiger partial charge is 0.252 e. The first-order chi connectivity index (χ1) is 17.4. The van der Waals surface area contributed by atoms with Crippen molar-refractivity contribution in [3.63, 3.8) is 0 Å². The zero-order chi connectivity index (χ0) is 25.8. The van der Waals surface area contributed by atoms with Gasteiger partial charge in [-0.1, -0.05) is 39.8 Å². The Bertz CT molecular complexity index is 1390. The van der Waals surface area contributed by atoms with Crippen molar-refractivity contribution in [1.29, 1.82) is 5.26 Å². The van der Waals surface area contributed by atoms with E-state index in [0.717, 1.165) is 70.6 Å². The van der Waals surface area contributed by atoms with E-state index in [9.17, 15) is 5.26 Å². The Labute approximate surface area is 215 Å². The lowest BCUT2D eigenvalue weighted by molar-refractivity contribution is 1.08. The van der Waals surface area contributed by atoms with Gasteiger partial charge in [-0.05, 0) is 109 Å². The van der Waals surface area contributed by atoms with Gasteiger partial charge < -0.3 is 0 Å². The van der Waals surface area contributed by atoms with Gasteiger partial charge in [0.05, 0.1) is 34.9 Å². The summed E-state index contributed by atoms with van der Waals surface area (Å²) in [6.45, 7) is 12.9. The van der Waals surface area contributed by atoms with Crippen LogP contribution in [-0.2, 0) is 25.7 Å². The highest BCUT2D eigenvalue weighted by atomic mass is 14.8. The highest BCUT2D eigenvalue weighted by molar-refractivity contribution is 5.81. The molecule has 0 atom stereocenters. The quantitative estimate of drug-likeness (QED) is 0.272. The number of rotatable bonds is 7. The number of aryl methyl sites for hydroxylation is 6. The molecule has 0 fully saturated rings. The average molecular weight is 474 g/mol. The molecular weight excluding hydrogens is 438 g/mol. The zero-order valence-electron chi connectivity index (χ0n) is 22.4. The molecule has 1 heterocycles. The van der Waals surface area contributed by atoms with Gasteiger partial charge in [0.2, 0.25) is 0 Å². The maximum atomic E-state index is 9.41. The van der Waals surface area contributed by atoms with E-state index in [1.807, 2.05) is 32.2 Å². The van der Waals surface area contributed by atoms with E-state index in [1.54, 1.807) is 0 Å². The van der Waals surface area contributed by atoms with Crippen LogP contribution in [0.2, 0.25) is 0 Å². The van der Waals surface area contributed by atoms with Gasteiger partial charge in [-0.25, -0.2) is 4.98 Å². The Balaban J connectivity index is 2.02. The first kappa shape index (κ1) is 25.3. The van der Waals surface area contributed by atoms with Crippen molar-refractivity contribution in [2.24, 2.45) is 0 Å². The minimum atomic E-state index is 0.672. The molecule has 0 unspecified atom stereocenters. The first-order valence-corrected chi connectivity index (χ1v) is 13.1. The molecule has 4 rings (SSSR count). The second-order valence-electron chi connectivity index (χ2n) is 9.54. The van der Waals surface area contributed by atoms with Crippen LogP contribution in [0.3, 0.4) is 0 Å². The van der Waals surface area contributed by atoms with E-state index >= 15 is 0 Å². The monoisotopic (exact) mass is 473 g/mol. The fraction of sp³-hybridized carbons (Fsp3) is 0.303. The number of nitrogens with zero attached hydrogens (tertiary/aromatic N) is 3. The molecule has 0 saturated carbocycles. The highest BCUT2D eigenvalue weighted by Gasteiger charge is 2.18. The molecule has 0 saturated heterocycles. The van der Waals surface area contributed by atoms with Crippen LogP contribution in [0.4, 0.5) is 0 Å². The molecule has 0 bridgehead atoms. The number of aromatic nitrogens is 2. The SMILES string of the molecule is CCc1cc(CC)cc(-c2ncc(-c3c(C)cc(C#N)cc3C)nc2-c2cc(CC)cc(CC)c2)c1. The molecular formula is C33H35N3. The topological polar surface area (TPSA) is 49.6 Å². The fourth-order valence-electron chi connectivity index (χ4n) is 4.97. The van der Waals surface area contributed by atoms with Crippen LogP contribution in [0.25, 0.3) is 33.8 Å². The van der Waals surface area contributed by atoms with E-state index in [4.69, 9.17) is 9.97 Å². The van der Waals surface area contributed by atoms with Crippen molar-refractivity contribution in [2.75, 3.05) is 0 Å². The van der Waals surface area contributed by atoms with Crippen LogP contribution in [0.5, 0.6) is 0 Å². The second-order valence-corrected chi connectivity index (χ2v) is 9.54. The van der Waals surface area contributed by atoms with Gasteiger partial charge in [0.25, 0.3) is 0 Å². The van der Waals surface area contributed by atoms with E-state index in [-0.39, 0.29) is 0 Å². The molecule has 3 nitrogen and oxygen atoms in total. The highest BCUT2D eigenvalue weighted by Crippen LogP contribution is 2.35. The van der Waals surface area contributed by atoms with Gasteiger partial charge in [-0.3, -0.25) is 4.98 Å². The molecule has 0 aliphatic carbocycles. The summed E-state index contributed by atoms with van der Waals surface area (Å²) in [5.41, 5.74) is 14.0. The Morgan fingerprint density at radius 2 is 1.08 bits per heavy atom. The molecule has 0 aliphatic rings. The van der Waals surface area contributed by atoms with E-state index in [2.05, 4.69) is 70.2 Å². The standard InChI is InChI=1S/C33H35N3/c1-7-23-13-24(8-2)16-28(15-23)32-33(29-17-25(9-3)14-26(10-4)18-29)36-30(20-35-32)31-21(5)11-27(19-34)12-22(31)6/h11-18,20H,7-10H2,1-6H3. The Hall–Kier alpha value is -3.77. The average Bonchev–Trinajstić information content (AvgIpc) is 2.91. The number of benzene rings is 3. The molecule has 4 aromatic rings. The van der Waals surface area contributed by atoms with Crippen molar-refractivity contribution < 1.29 is 0 Å². The number of nitriles is 1. The smallest absolute Gasteiger partial charge is 0.0991 e. The predicted molar refractivity (Wildman–Crippen MR) is 150 cm³/mol. The van der Waals surface area contributed by atoms with Crippen LogP contribution in [0.15, 0.2) is 54.7 Å². The van der Waals surface area contributed by atoms with E-state index < -0.39 is 0 Å². The van der Waals surface area contributed by atoms with Crippen LogP contribution >= 0.6 is 0 Å². The zero-order valence-corrected chi connectivity index (χ0v) is 22.4. The minimum absolute atomic E-state index is 0.672. The first-order valence-electron chi connectivity index (χ1n) is 13.1. The van der Waals surface area contributed by atoms with E-state index in [1.165, 1.54) is 22.3 Å². The molecule has 36 heavy (non-hydrogen) atoms. The summed E-state index contributed by atoms with van der Waals surface area (Å²) in [7, 11) is 0.